The van der Waals surface area contributed by atoms with Crippen molar-refractivity contribution in [1.29, 1.82) is 0 Å². The molecule has 0 aromatic rings. The second-order valence-corrected chi connectivity index (χ2v) is 5.37. The third-order valence-corrected chi connectivity index (χ3v) is 4.05. The van der Waals surface area contributed by atoms with Gasteiger partial charge in [-0.3, -0.25) is 0 Å². The van der Waals surface area contributed by atoms with Gasteiger partial charge in [0.25, 0.3) is 0 Å². The molecule has 0 unspecified atom stereocenters. The highest BCUT2D eigenvalue weighted by Crippen LogP contribution is 2.39. The summed E-state index contributed by atoms with van der Waals surface area (Å²) in [6, 6.07) is 0. The fourth-order valence-corrected chi connectivity index (χ4v) is 2.06. The Balaban J connectivity index is 3.25. The Morgan fingerprint density at radius 1 is 1.38 bits per heavy atom. The van der Waals surface area contributed by atoms with Gasteiger partial charge >= 0.3 is 0 Å². The molecule has 1 aliphatic rings. The van der Waals surface area contributed by atoms with Crippen LogP contribution in [0.5, 0.6) is 0 Å². The Labute approximate surface area is 86.3 Å². The van der Waals surface area contributed by atoms with Crippen molar-refractivity contribution >= 4 is 11.6 Å². The second-order valence-electron chi connectivity index (χ2n) is 4.91. The molecule has 74 valence electrons. The standard InChI is InChI=1S/C11H19ClN/c1-8-9(2)11(3,4)13(5,6)7-10(8)12/h2,7H2,1,3-6H3/q+1. The summed E-state index contributed by atoms with van der Waals surface area (Å²) in [6.07, 6.45) is 0. The third-order valence-electron chi connectivity index (χ3n) is 3.65. The number of rotatable bonds is 0. The SMILES string of the molecule is C=C1C(C)=C(Cl)C[N+](C)(C)C1(C)C. The number of halogens is 1. The first-order chi connectivity index (χ1) is 5.70. The fraction of sp³-hybridized carbons (Fsp3) is 0.636. The van der Waals surface area contributed by atoms with Gasteiger partial charge in [-0.1, -0.05) is 18.2 Å². The van der Waals surface area contributed by atoms with Crippen molar-refractivity contribution in [3.8, 4) is 0 Å². The molecule has 0 atom stereocenters. The average Bonchev–Trinajstić information content (AvgIpc) is 1.98. The van der Waals surface area contributed by atoms with E-state index in [1.165, 1.54) is 5.57 Å². The molecule has 13 heavy (non-hydrogen) atoms. The van der Waals surface area contributed by atoms with Crippen LogP contribution in [-0.4, -0.2) is 30.7 Å². The van der Waals surface area contributed by atoms with E-state index in [-0.39, 0.29) is 5.54 Å². The minimum atomic E-state index is 0.0858. The normalized spacial score (nSPS) is 26.5. The summed E-state index contributed by atoms with van der Waals surface area (Å²) >= 11 is 6.18. The van der Waals surface area contributed by atoms with Crippen LogP contribution in [0.3, 0.4) is 0 Å². The van der Waals surface area contributed by atoms with Gasteiger partial charge in [0, 0.05) is 5.57 Å². The van der Waals surface area contributed by atoms with Crippen LogP contribution in [0.2, 0.25) is 0 Å². The lowest BCUT2D eigenvalue weighted by molar-refractivity contribution is -0.928. The summed E-state index contributed by atoms with van der Waals surface area (Å²) in [5.74, 6) is 0. The quantitative estimate of drug-likeness (QED) is 0.528. The highest BCUT2D eigenvalue weighted by molar-refractivity contribution is 6.30. The summed E-state index contributed by atoms with van der Waals surface area (Å²) in [4.78, 5) is 0. The highest BCUT2D eigenvalue weighted by atomic mass is 35.5. The number of hydrogen-bond acceptors (Lipinski definition) is 0. The molecule has 0 saturated carbocycles. The first-order valence-corrected chi connectivity index (χ1v) is 4.96. The van der Waals surface area contributed by atoms with Crippen LogP contribution in [0, 0.1) is 0 Å². The molecule has 0 aliphatic carbocycles. The van der Waals surface area contributed by atoms with Gasteiger partial charge in [-0.25, -0.2) is 0 Å². The molecule has 0 amide bonds. The number of likely N-dealkylation sites (N-methyl/N-ethyl adjacent to an activating group) is 1. The fourth-order valence-electron chi connectivity index (χ4n) is 1.65. The van der Waals surface area contributed by atoms with Gasteiger partial charge in [0.05, 0.1) is 19.1 Å². The summed E-state index contributed by atoms with van der Waals surface area (Å²) in [6.45, 7) is 11.5. The second kappa shape index (κ2) is 2.86. The smallest absolute Gasteiger partial charge is 0.119 e. The summed E-state index contributed by atoms with van der Waals surface area (Å²) in [5, 5.41) is 0.953. The largest absolute Gasteiger partial charge is 0.316 e. The minimum Gasteiger partial charge on any atom is -0.316 e. The molecule has 0 bridgehead atoms. The zero-order chi connectivity index (χ0) is 10.4. The molecule has 1 heterocycles. The summed E-state index contributed by atoms with van der Waals surface area (Å²) in [7, 11) is 4.39. The Bertz CT molecular complexity index is 284. The van der Waals surface area contributed by atoms with Gasteiger partial charge in [-0.15, -0.1) is 0 Å². The molecule has 0 N–H and O–H groups in total. The van der Waals surface area contributed by atoms with Crippen LogP contribution in [0.25, 0.3) is 0 Å². The zero-order valence-electron chi connectivity index (χ0n) is 9.24. The monoisotopic (exact) mass is 200 g/mol. The van der Waals surface area contributed by atoms with Crippen molar-refractivity contribution in [3.05, 3.63) is 22.8 Å². The lowest BCUT2D eigenvalue weighted by Gasteiger charge is -2.49. The first kappa shape index (κ1) is 10.8. The maximum atomic E-state index is 6.18. The van der Waals surface area contributed by atoms with Crippen molar-refractivity contribution in [2.75, 3.05) is 20.6 Å². The molecule has 0 saturated heterocycles. The first-order valence-electron chi connectivity index (χ1n) is 4.58. The maximum Gasteiger partial charge on any atom is 0.119 e. The third kappa shape index (κ3) is 1.44. The van der Waals surface area contributed by atoms with Gasteiger partial charge in [0.1, 0.15) is 12.1 Å². The predicted molar refractivity (Wildman–Crippen MR) is 58.7 cm³/mol. The van der Waals surface area contributed by atoms with Crippen LogP contribution < -0.4 is 0 Å². The van der Waals surface area contributed by atoms with Crippen LogP contribution in [-0.2, 0) is 0 Å². The molecule has 1 aliphatic heterocycles. The van der Waals surface area contributed by atoms with E-state index in [4.69, 9.17) is 11.6 Å². The van der Waals surface area contributed by atoms with E-state index in [2.05, 4.69) is 41.4 Å². The Hall–Kier alpha value is -0.270. The predicted octanol–water partition coefficient (Wildman–Crippen LogP) is 2.92. The van der Waals surface area contributed by atoms with Crippen molar-refractivity contribution in [2.45, 2.75) is 26.3 Å². The Morgan fingerprint density at radius 2 is 1.85 bits per heavy atom. The van der Waals surface area contributed by atoms with Crippen LogP contribution in [0.4, 0.5) is 0 Å². The van der Waals surface area contributed by atoms with Gasteiger partial charge in [-0.05, 0) is 26.3 Å². The number of quaternary nitrogens is 1. The van der Waals surface area contributed by atoms with Crippen molar-refractivity contribution < 1.29 is 4.48 Å². The zero-order valence-corrected chi connectivity index (χ0v) is 10.00. The van der Waals surface area contributed by atoms with Gasteiger partial charge in [0.2, 0.25) is 0 Å². The van der Waals surface area contributed by atoms with Crippen molar-refractivity contribution in [1.82, 2.24) is 0 Å². The minimum absolute atomic E-state index is 0.0858. The average molecular weight is 201 g/mol. The van der Waals surface area contributed by atoms with Crippen LogP contribution >= 0.6 is 11.6 Å². The van der Waals surface area contributed by atoms with Crippen molar-refractivity contribution in [2.24, 2.45) is 0 Å². The van der Waals surface area contributed by atoms with Gasteiger partial charge < -0.3 is 4.48 Å². The van der Waals surface area contributed by atoms with Gasteiger partial charge in [0.15, 0.2) is 0 Å². The number of nitrogens with zero attached hydrogens (tertiary/aromatic N) is 1. The lowest BCUT2D eigenvalue weighted by atomic mass is 9.83. The summed E-state index contributed by atoms with van der Waals surface area (Å²) < 4.78 is 0.877. The van der Waals surface area contributed by atoms with E-state index in [1.54, 1.807) is 0 Å². The molecule has 0 fully saturated rings. The molecule has 0 radical (unpaired) electrons. The molecule has 1 nitrogen and oxygen atoms in total. The lowest BCUT2D eigenvalue weighted by Crippen LogP contribution is -2.59. The molecular formula is C11H19ClN+. The Morgan fingerprint density at radius 3 is 2.31 bits per heavy atom. The molecule has 0 aromatic carbocycles. The van der Waals surface area contributed by atoms with E-state index < -0.39 is 0 Å². The van der Waals surface area contributed by atoms with Crippen molar-refractivity contribution in [3.63, 3.8) is 0 Å². The van der Waals surface area contributed by atoms with Crippen LogP contribution in [0.15, 0.2) is 22.8 Å². The molecule has 1 rings (SSSR count). The van der Waals surface area contributed by atoms with Crippen LogP contribution in [0.1, 0.15) is 20.8 Å². The molecular weight excluding hydrogens is 182 g/mol. The van der Waals surface area contributed by atoms with E-state index in [0.29, 0.717) is 0 Å². The Kier molecular flexibility index (Phi) is 2.38. The molecule has 0 aromatic heterocycles. The van der Waals surface area contributed by atoms with E-state index in [1.807, 2.05) is 0 Å². The number of hydrogen-bond donors (Lipinski definition) is 0. The van der Waals surface area contributed by atoms with E-state index in [0.717, 1.165) is 21.6 Å². The maximum absolute atomic E-state index is 6.18. The molecule has 0 spiro atoms. The summed E-state index contributed by atoms with van der Waals surface area (Å²) in [5.41, 5.74) is 2.42. The highest BCUT2D eigenvalue weighted by Gasteiger charge is 2.44. The van der Waals surface area contributed by atoms with E-state index in [9.17, 15) is 0 Å². The topological polar surface area (TPSA) is 0 Å². The molecule has 2 heteroatoms. The van der Waals surface area contributed by atoms with Gasteiger partial charge in [-0.2, -0.15) is 0 Å². The van der Waals surface area contributed by atoms with E-state index >= 15 is 0 Å².